The van der Waals surface area contributed by atoms with Crippen molar-refractivity contribution in [1.82, 2.24) is 16.0 Å². The van der Waals surface area contributed by atoms with Crippen LogP contribution in [-0.2, 0) is 4.79 Å². The molecule has 0 aromatic rings. The van der Waals surface area contributed by atoms with Crippen molar-refractivity contribution < 1.29 is 4.79 Å². The molecule has 0 radical (unpaired) electrons. The molecule has 1 fully saturated rings. The summed E-state index contributed by atoms with van der Waals surface area (Å²) in [6.07, 6.45) is 4.13. The van der Waals surface area contributed by atoms with Crippen molar-refractivity contribution >= 4 is 5.91 Å². The van der Waals surface area contributed by atoms with E-state index < -0.39 is 0 Å². The first-order chi connectivity index (χ1) is 7.83. The lowest BCUT2D eigenvalue weighted by Crippen LogP contribution is -2.35. The van der Waals surface area contributed by atoms with Gasteiger partial charge in [-0.15, -0.1) is 0 Å². The molecule has 1 rings (SSSR count). The molecule has 0 atom stereocenters. The Balaban J connectivity index is 1.92. The van der Waals surface area contributed by atoms with Crippen molar-refractivity contribution in [2.75, 3.05) is 32.7 Å². The highest BCUT2D eigenvalue weighted by molar-refractivity contribution is 5.75. The Bertz CT molecular complexity index is 191. The van der Waals surface area contributed by atoms with Crippen molar-refractivity contribution in [2.45, 2.75) is 32.6 Å². The summed E-state index contributed by atoms with van der Waals surface area (Å²) in [6, 6.07) is 0. The molecule has 0 bridgehead atoms. The van der Waals surface area contributed by atoms with Crippen LogP contribution in [-0.4, -0.2) is 38.6 Å². The molecule has 1 amide bonds. The molecule has 1 aliphatic heterocycles. The van der Waals surface area contributed by atoms with Gasteiger partial charge in [0.25, 0.3) is 0 Å². The van der Waals surface area contributed by atoms with E-state index in [0.29, 0.717) is 6.42 Å². The van der Waals surface area contributed by atoms with E-state index in [-0.39, 0.29) is 5.91 Å². The molecule has 94 valence electrons. The number of hydrogen-bond acceptors (Lipinski definition) is 3. The van der Waals surface area contributed by atoms with Crippen LogP contribution in [0.3, 0.4) is 0 Å². The normalized spacial score (nSPS) is 17.3. The quantitative estimate of drug-likeness (QED) is 0.555. The zero-order chi connectivity index (χ0) is 11.6. The van der Waals surface area contributed by atoms with Gasteiger partial charge in [0, 0.05) is 19.5 Å². The van der Waals surface area contributed by atoms with E-state index in [4.69, 9.17) is 0 Å². The summed E-state index contributed by atoms with van der Waals surface area (Å²) in [4.78, 5) is 11.3. The Hall–Kier alpha value is -0.610. The van der Waals surface area contributed by atoms with Crippen LogP contribution in [0.25, 0.3) is 0 Å². The average Bonchev–Trinajstić information content (AvgIpc) is 2.33. The van der Waals surface area contributed by atoms with Gasteiger partial charge in [0.1, 0.15) is 0 Å². The molecule has 3 N–H and O–H groups in total. The van der Waals surface area contributed by atoms with Gasteiger partial charge < -0.3 is 16.0 Å². The number of rotatable bonds is 7. The maximum absolute atomic E-state index is 11.3. The molecule has 4 nitrogen and oxygen atoms in total. The van der Waals surface area contributed by atoms with Crippen LogP contribution in [0, 0.1) is 5.92 Å². The highest BCUT2D eigenvalue weighted by Crippen LogP contribution is 2.09. The molecule has 0 aliphatic carbocycles. The molecule has 1 heterocycles. The monoisotopic (exact) mass is 227 g/mol. The first-order valence-corrected chi connectivity index (χ1v) is 6.51. The van der Waals surface area contributed by atoms with Gasteiger partial charge >= 0.3 is 0 Å². The summed E-state index contributed by atoms with van der Waals surface area (Å²) < 4.78 is 0. The van der Waals surface area contributed by atoms with E-state index in [0.717, 1.165) is 45.1 Å². The van der Waals surface area contributed by atoms with Crippen molar-refractivity contribution in [3.63, 3.8) is 0 Å². The van der Waals surface area contributed by atoms with Crippen molar-refractivity contribution in [3.05, 3.63) is 0 Å². The Morgan fingerprint density at radius 2 is 2.06 bits per heavy atom. The van der Waals surface area contributed by atoms with Gasteiger partial charge in [0.2, 0.25) is 5.91 Å². The summed E-state index contributed by atoms with van der Waals surface area (Å²) in [6.45, 7) is 7.01. The van der Waals surface area contributed by atoms with Crippen LogP contribution in [0.2, 0.25) is 0 Å². The lowest BCUT2D eigenvalue weighted by molar-refractivity contribution is -0.120. The van der Waals surface area contributed by atoms with Crippen LogP contribution < -0.4 is 16.0 Å². The maximum atomic E-state index is 11.3. The van der Waals surface area contributed by atoms with Gasteiger partial charge in [-0.25, -0.2) is 0 Å². The average molecular weight is 227 g/mol. The third-order valence-corrected chi connectivity index (χ3v) is 2.99. The minimum Gasteiger partial charge on any atom is -0.356 e. The number of carbonyl (C=O) groups excluding carboxylic acids is 1. The molecule has 0 unspecified atom stereocenters. The number of nitrogens with one attached hydrogen (secondary N) is 3. The smallest absolute Gasteiger partial charge is 0.221 e. The summed E-state index contributed by atoms with van der Waals surface area (Å²) in [5.74, 6) is 0.958. The Morgan fingerprint density at radius 1 is 1.31 bits per heavy atom. The van der Waals surface area contributed by atoms with Gasteiger partial charge in [-0.05, 0) is 44.8 Å². The second-order valence-electron chi connectivity index (χ2n) is 4.50. The van der Waals surface area contributed by atoms with E-state index in [1.54, 1.807) is 0 Å². The number of carbonyl (C=O) groups is 1. The molecule has 4 heteroatoms. The zero-order valence-corrected chi connectivity index (χ0v) is 10.3. The first-order valence-electron chi connectivity index (χ1n) is 6.51. The summed E-state index contributed by atoms with van der Waals surface area (Å²) in [5, 5.41) is 9.61. The maximum Gasteiger partial charge on any atom is 0.221 e. The predicted molar refractivity (Wildman–Crippen MR) is 66.4 cm³/mol. The number of piperidine rings is 1. The zero-order valence-electron chi connectivity index (χ0n) is 10.3. The van der Waals surface area contributed by atoms with E-state index >= 15 is 0 Å². The van der Waals surface area contributed by atoms with Crippen LogP contribution in [0.1, 0.15) is 32.6 Å². The fourth-order valence-electron chi connectivity index (χ4n) is 1.95. The lowest BCUT2D eigenvalue weighted by atomic mass is 9.98. The second-order valence-corrected chi connectivity index (χ2v) is 4.50. The van der Waals surface area contributed by atoms with Gasteiger partial charge in [0.05, 0.1) is 0 Å². The largest absolute Gasteiger partial charge is 0.356 e. The third-order valence-electron chi connectivity index (χ3n) is 2.99. The van der Waals surface area contributed by atoms with Gasteiger partial charge in [-0.2, -0.15) is 0 Å². The topological polar surface area (TPSA) is 53.2 Å². The van der Waals surface area contributed by atoms with Gasteiger partial charge in [0.15, 0.2) is 0 Å². The van der Waals surface area contributed by atoms with Crippen LogP contribution >= 0.6 is 0 Å². The standard InChI is InChI=1S/C12H25N3O/c1-2-6-15-12(16)5-9-14-10-11-3-7-13-8-4-11/h11,13-14H,2-10H2,1H3,(H,15,16). The van der Waals surface area contributed by atoms with Crippen molar-refractivity contribution in [2.24, 2.45) is 5.92 Å². The fourth-order valence-corrected chi connectivity index (χ4v) is 1.95. The van der Waals surface area contributed by atoms with Crippen LogP contribution in [0.5, 0.6) is 0 Å². The summed E-state index contributed by atoms with van der Waals surface area (Å²) in [5.41, 5.74) is 0. The molecule has 0 aromatic heterocycles. The van der Waals surface area contributed by atoms with E-state index in [1.807, 2.05) is 0 Å². The predicted octanol–water partition coefficient (Wildman–Crippen LogP) is 0.492. The van der Waals surface area contributed by atoms with Crippen molar-refractivity contribution in [3.8, 4) is 0 Å². The van der Waals surface area contributed by atoms with E-state index in [2.05, 4.69) is 22.9 Å². The Morgan fingerprint density at radius 3 is 2.75 bits per heavy atom. The SMILES string of the molecule is CCCNC(=O)CCNCC1CCNCC1. The van der Waals surface area contributed by atoms with Crippen LogP contribution in [0.4, 0.5) is 0 Å². The Kier molecular flexibility index (Phi) is 7.17. The minimum absolute atomic E-state index is 0.166. The first kappa shape index (κ1) is 13.5. The highest BCUT2D eigenvalue weighted by Gasteiger charge is 2.11. The second kappa shape index (κ2) is 8.53. The molecular formula is C12H25N3O. The van der Waals surface area contributed by atoms with Gasteiger partial charge in [-0.3, -0.25) is 4.79 Å². The number of hydrogen-bond donors (Lipinski definition) is 3. The minimum atomic E-state index is 0.166. The van der Waals surface area contributed by atoms with E-state index in [1.165, 1.54) is 12.8 Å². The third kappa shape index (κ3) is 6.08. The van der Waals surface area contributed by atoms with Gasteiger partial charge in [-0.1, -0.05) is 6.92 Å². The fraction of sp³-hybridized carbons (Fsp3) is 0.917. The molecular weight excluding hydrogens is 202 g/mol. The van der Waals surface area contributed by atoms with Crippen molar-refractivity contribution in [1.29, 1.82) is 0 Å². The Labute approximate surface area is 98.6 Å². The molecule has 16 heavy (non-hydrogen) atoms. The summed E-state index contributed by atoms with van der Waals surface area (Å²) >= 11 is 0. The highest BCUT2D eigenvalue weighted by atomic mass is 16.1. The van der Waals surface area contributed by atoms with Crippen LogP contribution in [0.15, 0.2) is 0 Å². The summed E-state index contributed by atoms with van der Waals surface area (Å²) in [7, 11) is 0. The molecule has 1 saturated heterocycles. The molecule has 1 aliphatic rings. The van der Waals surface area contributed by atoms with E-state index in [9.17, 15) is 4.79 Å². The molecule has 0 saturated carbocycles. The molecule has 0 spiro atoms. The lowest BCUT2D eigenvalue weighted by Gasteiger charge is -2.22. The number of amides is 1. The molecule has 0 aromatic carbocycles.